The van der Waals surface area contributed by atoms with Crippen LogP contribution < -0.4 is 5.48 Å². The van der Waals surface area contributed by atoms with Crippen LogP contribution in [0.15, 0.2) is 28.8 Å². The lowest BCUT2D eigenvalue weighted by atomic mass is 10.1. The molecular weight excluding hydrogens is 222 g/mol. The van der Waals surface area contributed by atoms with Crippen molar-refractivity contribution in [2.45, 2.75) is 6.92 Å². The molecule has 0 aliphatic heterocycles. The number of nitrogens with one attached hydrogen (secondary N) is 1. The summed E-state index contributed by atoms with van der Waals surface area (Å²) in [7, 11) is 1.38. The molecule has 1 aromatic heterocycles. The fourth-order valence-corrected chi connectivity index (χ4v) is 1.33. The van der Waals surface area contributed by atoms with E-state index in [4.69, 9.17) is 4.52 Å². The largest absolute Gasteiger partial charge is 0.334 e. The van der Waals surface area contributed by atoms with Gasteiger partial charge in [0, 0.05) is 11.1 Å². The molecule has 2 aromatic rings. The van der Waals surface area contributed by atoms with E-state index in [1.54, 1.807) is 31.2 Å². The van der Waals surface area contributed by atoms with Gasteiger partial charge in [0.05, 0.1) is 7.11 Å². The molecule has 6 heteroatoms. The highest BCUT2D eigenvalue weighted by Crippen LogP contribution is 2.17. The zero-order chi connectivity index (χ0) is 12.3. The van der Waals surface area contributed by atoms with Crippen molar-refractivity contribution < 1.29 is 14.2 Å². The van der Waals surface area contributed by atoms with Crippen molar-refractivity contribution in [1.29, 1.82) is 0 Å². The van der Waals surface area contributed by atoms with E-state index >= 15 is 0 Å². The van der Waals surface area contributed by atoms with Crippen LogP contribution in [-0.2, 0) is 4.84 Å². The fourth-order valence-electron chi connectivity index (χ4n) is 1.33. The first-order valence-electron chi connectivity index (χ1n) is 4.95. The quantitative estimate of drug-likeness (QED) is 0.809. The maximum absolute atomic E-state index is 11.4. The first-order valence-corrected chi connectivity index (χ1v) is 4.95. The smallest absolute Gasteiger partial charge is 0.274 e. The van der Waals surface area contributed by atoms with Gasteiger partial charge in [-0.05, 0) is 31.2 Å². The molecule has 1 amide bonds. The summed E-state index contributed by atoms with van der Waals surface area (Å²) in [6.45, 7) is 1.74. The summed E-state index contributed by atoms with van der Waals surface area (Å²) < 4.78 is 5.01. The molecule has 1 aromatic carbocycles. The van der Waals surface area contributed by atoms with Gasteiger partial charge in [-0.25, -0.2) is 5.48 Å². The highest BCUT2D eigenvalue weighted by atomic mass is 16.6. The molecule has 2 rings (SSSR count). The fraction of sp³-hybridized carbons (Fsp3) is 0.182. The molecule has 0 aliphatic rings. The van der Waals surface area contributed by atoms with Crippen LogP contribution in [0, 0.1) is 6.92 Å². The first-order chi connectivity index (χ1) is 8.20. The van der Waals surface area contributed by atoms with Crippen molar-refractivity contribution in [3.05, 3.63) is 35.7 Å². The highest BCUT2D eigenvalue weighted by molar-refractivity contribution is 5.93. The van der Waals surface area contributed by atoms with Gasteiger partial charge >= 0.3 is 0 Å². The second kappa shape index (κ2) is 4.75. The third-order valence-corrected chi connectivity index (χ3v) is 2.12. The predicted octanol–water partition coefficient (Wildman–Crippen LogP) is 1.34. The molecule has 0 bridgehead atoms. The molecule has 0 unspecified atom stereocenters. The molecular formula is C11H11N3O3. The standard InChI is InChI=1S/C11H11N3O3/c1-7-12-11(17-13-7)9-5-3-8(4-6-9)10(15)14-16-2/h3-6H,1-2H3,(H,14,15). The molecule has 88 valence electrons. The average molecular weight is 233 g/mol. The Bertz CT molecular complexity index is 519. The van der Waals surface area contributed by atoms with Gasteiger partial charge in [0.2, 0.25) is 0 Å². The SMILES string of the molecule is CONC(=O)c1ccc(-c2nc(C)no2)cc1. The van der Waals surface area contributed by atoms with Crippen LogP contribution in [0.4, 0.5) is 0 Å². The van der Waals surface area contributed by atoms with Crippen molar-refractivity contribution >= 4 is 5.91 Å². The molecule has 0 spiro atoms. The molecule has 0 aliphatic carbocycles. The van der Waals surface area contributed by atoms with Gasteiger partial charge < -0.3 is 4.52 Å². The summed E-state index contributed by atoms with van der Waals surface area (Å²) in [6.07, 6.45) is 0. The summed E-state index contributed by atoms with van der Waals surface area (Å²) in [5, 5.41) is 3.69. The van der Waals surface area contributed by atoms with Gasteiger partial charge in [-0.3, -0.25) is 9.63 Å². The molecule has 6 nitrogen and oxygen atoms in total. The second-order valence-corrected chi connectivity index (χ2v) is 3.36. The van der Waals surface area contributed by atoms with E-state index < -0.39 is 0 Å². The van der Waals surface area contributed by atoms with Crippen LogP contribution >= 0.6 is 0 Å². The van der Waals surface area contributed by atoms with Crippen LogP contribution in [0.5, 0.6) is 0 Å². The number of aromatic nitrogens is 2. The summed E-state index contributed by atoms with van der Waals surface area (Å²) in [6, 6.07) is 6.78. The topological polar surface area (TPSA) is 77.2 Å². The summed E-state index contributed by atoms with van der Waals surface area (Å²) >= 11 is 0. The Morgan fingerprint density at radius 1 is 1.35 bits per heavy atom. The number of hydrogen-bond acceptors (Lipinski definition) is 5. The van der Waals surface area contributed by atoms with Crippen LogP contribution in [0.1, 0.15) is 16.2 Å². The van der Waals surface area contributed by atoms with Crippen LogP contribution in [0.25, 0.3) is 11.5 Å². The van der Waals surface area contributed by atoms with E-state index in [1.807, 2.05) is 0 Å². The van der Waals surface area contributed by atoms with Gasteiger partial charge in [-0.15, -0.1) is 0 Å². The molecule has 0 saturated carbocycles. The number of rotatable bonds is 3. The minimum atomic E-state index is -0.305. The van der Waals surface area contributed by atoms with E-state index in [0.29, 0.717) is 17.3 Å². The van der Waals surface area contributed by atoms with Crippen LogP contribution in [-0.4, -0.2) is 23.2 Å². The van der Waals surface area contributed by atoms with Gasteiger partial charge in [0.1, 0.15) is 0 Å². The van der Waals surface area contributed by atoms with Crippen molar-refractivity contribution in [3.63, 3.8) is 0 Å². The van der Waals surface area contributed by atoms with E-state index in [1.165, 1.54) is 7.11 Å². The Morgan fingerprint density at radius 2 is 2.06 bits per heavy atom. The Hall–Kier alpha value is -2.21. The van der Waals surface area contributed by atoms with Crippen molar-refractivity contribution in [2.75, 3.05) is 7.11 Å². The van der Waals surface area contributed by atoms with Gasteiger partial charge in [0.15, 0.2) is 5.82 Å². The molecule has 1 heterocycles. The molecule has 0 radical (unpaired) electrons. The van der Waals surface area contributed by atoms with Crippen molar-refractivity contribution in [1.82, 2.24) is 15.6 Å². The molecule has 17 heavy (non-hydrogen) atoms. The van der Waals surface area contributed by atoms with Gasteiger partial charge in [0.25, 0.3) is 11.8 Å². The lowest BCUT2D eigenvalue weighted by Gasteiger charge is -2.01. The minimum absolute atomic E-state index is 0.305. The van der Waals surface area contributed by atoms with Gasteiger partial charge in [-0.2, -0.15) is 4.98 Å². The summed E-state index contributed by atoms with van der Waals surface area (Å²) in [5.74, 6) is 0.697. The van der Waals surface area contributed by atoms with Crippen LogP contribution in [0.3, 0.4) is 0 Å². The normalized spacial score (nSPS) is 10.2. The van der Waals surface area contributed by atoms with Crippen LogP contribution in [0.2, 0.25) is 0 Å². The number of hydroxylamine groups is 1. The third-order valence-electron chi connectivity index (χ3n) is 2.12. The Kier molecular flexibility index (Phi) is 3.15. The number of benzene rings is 1. The lowest BCUT2D eigenvalue weighted by molar-refractivity contribution is 0.0537. The lowest BCUT2D eigenvalue weighted by Crippen LogP contribution is -2.21. The Labute approximate surface area is 97.5 Å². The Morgan fingerprint density at radius 3 is 2.59 bits per heavy atom. The molecule has 0 fully saturated rings. The maximum Gasteiger partial charge on any atom is 0.274 e. The maximum atomic E-state index is 11.4. The second-order valence-electron chi connectivity index (χ2n) is 3.36. The van der Waals surface area contributed by atoms with E-state index in [2.05, 4.69) is 20.5 Å². The predicted molar refractivity (Wildman–Crippen MR) is 58.9 cm³/mol. The number of nitrogens with zero attached hydrogens (tertiary/aromatic N) is 2. The molecule has 1 N–H and O–H groups in total. The van der Waals surface area contributed by atoms with Gasteiger partial charge in [-0.1, -0.05) is 5.16 Å². The van der Waals surface area contributed by atoms with Crippen molar-refractivity contribution in [2.24, 2.45) is 0 Å². The summed E-state index contributed by atoms with van der Waals surface area (Å²) in [5.41, 5.74) is 3.49. The zero-order valence-electron chi connectivity index (χ0n) is 9.43. The zero-order valence-corrected chi connectivity index (χ0v) is 9.43. The first kappa shape index (κ1) is 11.3. The number of aryl methyl sites for hydroxylation is 1. The Balaban J connectivity index is 2.21. The molecule has 0 atom stereocenters. The number of hydrogen-bond donors (Lipinski definition) is 1. The number of amides is 1. The highest BCUT2D eigenvalue weighted by Gasteiger charge is 2.08. The third kappa shape index (κ3) is 2.48. The molecule has 0 saturated heterocycles. The minimum Gasteiger partial charge on any atom is -0.334 e. The van der Waals surface area contributed by atoms with E-state index in [-0.39, 0.29) is 5.91 Å². The van der Waals surface area contributed by atoms with E-state index in [0.717, 1.165) is 5.56 Å². The number of carbonyl (C=O) groups is 1. The van der Waals surface area contributed by atoms with Crippen molar-refractivity contribution in [3.8, 4) is 11.5 Å². The monoisotopic (exact) mass is 233 g/mol. The summed E-state index contributed by atoms with van der Waals surface area (Å²) in [4.78, 5) is 20.0. The number of carbonyl (C=O) groups excluding carboxylic acids is 1. The average Bonchev–Trinajstić information content (AvgIpc) is 2.76. The van der Waals surface area contributed by atoms with E-state index in [9.17, 15) is 4.79 Å².